The van der Waals surface area contributed by atoms with Crippen molar-refractivity contribution in [2.75, 3.05) is 5.73 Å². The number of anilines is 1. The molecule has 0 fully saturated rings. The van der Waals surface area contributed by atoms with E-state index < -0.39 is 11.7 Å². The Labute approximate surface area is 101 Å². The number of pyridine rings is 1. The molecule has 6 heteroatoms. The van der Waals surface area contributed by atoms with Crippen LogP contribution in [0.25, 0.3) is 0 Å². The fourth-order valence-corrected chi connectivity index (χ4v) is 1.37. The molecule has 0 aliphatic carbocycles. The van der Waals surface area contributed by atoms with E-state index in [1.54, 1.807) is 0 Å². The van der Waals surface area contributed by atoms with E-state index in [9.17, 15) is 13.2 Å². The molecule has 2 N–H and O–H groups in total. The summed E-state index contributed by atoms with van der Waals surface area (Å²) in [7, 11) is 0. The monoisotopic (exact) mass is 254 g/mol. The Balaban J connectivity index is 2.32. The van der Waals surface area contributed by atoms with Crippen LogP contribution in [0.15, 0.2) is 42.6 Å². The smallest absolute Gasteiger partial charge is 0.419 e. The Hall–Kier alpha value is -2.24. The fourth-order valence-electron chi connectivity index (χ4n) is 1.37. The highest BCUT2D eigenvalue weighted by Gasteiger charge is 2.34. The number of alkyl halides is 3. The summed E-state index contributed by atoms with van der Waals surface area (Å²) in [6.45, 7) is 0. The number of rotatable bonds is 2. The van der Waals surface area contributed by atoms with Gasteiger partial charge in [-0.25, -0.2) is 4.98 Å². The van der Waals surface area contributed by atoms with E-state index in [-0.39, 0.29) is 17.3 Å². The van der Waals surface area contributed by atoms with E-state index in [1.807, 2.05) is 0 Å². The summed E-state index contributed by atoms with van der Waals surface area (Å²) in [6.07, 6.45) is -3.19. The van der Waals surface area contributed by atoms with Crippen molar-refractivity contribution in [3.05, 3.63) is 48.2 Å². The lowest BCUT2D eigenvalue weighted by Crippen LogP contribution is -2.06. The van der Waals surface area contributed by atoms with Crippen LogP contribution in [0, 0.1) is 0 Å². The van der Waals surface area contributed by atoms with Crippen molar-refractivity contribution in [3.63, 3.8) is 0 Å². The Bertz CT molecular complexity index is 538. The van der Waals surface area contributed by atoms with Crippen LogP contribution in [-0.2, 0) is 6.18 Å². The molecule has 18 heavy (non-hydrogen) atoms. The first-order valence-electron chi connectivity index (χ1n) is 5.02. The van der Waals surface area contributed by atoms with Crippen LogP contribution in [0.2, 0.25) is 0 Å². The van der Waals surface area contributed by atoms with Gasteiger partial charge in [-0.2, -0.15) is 13.2 Å². The predicted molar refractivity (Wildman–Crippen MR) is 60.2 cm³/mol. The Morgan fingerprint density at radius 3 is 2.39 bits per heavy atom. The van der Waals surface area contributed by atoms with Gasteiger partial charge in [-0.3, -0.25) is 0 Å². The lowest BCUT2D eigenvalue weighted by molar-refractivity contribution is -0.138. The molecular weight excluding hydrogens is 245 g/mol. The number of nitrogens with zero attached hydrogens (tertiary/aromatic N) is 1. The summed E-state index contributed by atoms with van der Waals surface area (Å²) in [4.78, 5) is 3.74. The minimum absolute atomic E-state index is 0.195. The topological polar surface area (TPSA) is 48.1 Å². The standard InChI is InChI=1S/C12H9F3N2O/c13-12(14,15)9-3-1-2-4-10(9)18-8-5-6-11(16)17-7-8/h1-7H,(H2,16,17). The van der Waals surface area contributed by atoms with Crippen LogP contribution >= 0.6 is 0 Å². The average molecular weight is 254 g/mol. The van der Waals surface area contributed by atoms with Crippen molar-refractivity contribution < 1.29 is 17.9 Å². The molecule has 0 saturated heterocycles. The molecule has 0 amide bonds. The molecule has 2 rings (SSSR count). The van der Waals surface area contributed by atoms with Crippen LogP contribution < -0.4 is 10.5 Å². The van der Waals surface area contributed by atoms with Gasteiger partial charge in [-0.15, -0.1) is 0 Å². The molecule has 3 nitrogen and oxygen atoms in total. The molecule has 0 aliphatic rings. The van der Waals surface area contributed by atoms with Gasteiger partial charge in [0.25, 0.3) is 0 Å². The second-order valence-electron chi connectivity index (χ2n) is 3.51. The van der Waals surface area contributed by atoms with E-state index >= 15 is 0 Å². The van der Waals surface area contributed by atoms with Crippen LogP contribution in [0.4, 0.5) is 19.0 Å². The maximum atomic E-state index is 12.7. The van der Waals surface area contributed by atoms with Crippen LogP contribution in [-0.4, -0.2) is 4.98 Å². The Morgan fingerprint density at radius 2 is 1.78 bits per heavy atom. The molecule has 0 radical (unpaired) electrons. The quantitative estimate of drug-likeness (QED) is 0.892. The third kappa shape index (κ3) is 2.71. The van der Waals surface area contributed by atoms with E-state index in [4.69, 9.17) is 10.5 Å². The van der Waals surface area contributed by atoms with Gasteiger partial charge in [-0.05, 0) is 24.3 Å². The molecule has 94 valence electrons. The van der Waals surface area contributed by atoms with Gasteiger partial charge >= 0.3 is 6.18 Å². The summed E-state index contributed by atoms with van der Waals surface area (Å²) >= 11 is 0. The average Bonchev–Trinajstić information content (AvgIpc) is 2.31. The summed E-state index contributed by atoms with van der Waals surface area (Å²) in [5, 5.41) is 0. The molecular formula is C12H9F3N2O. The van der Waals surface area contributed by atoms with E-state index in [1.165, 1.54) is 36.5 Å². The summed E-state index contributed by atoms with van der Waals surface area (Å²) in [6, 6.07) is 7.88. The Morgan fingerprint density at radius 1 is 1.06 bits per heavy atom. The molecule has 2 aromatic rings. The summed E-state index contributed by atoms with van der Waals surface area (Å²) in [5.74, 6) is 0.198. The summed E-state index contributed by atoms with van der Waals surface area (Å²) < 4.78 is 43.3. The predicted octanol–water partition coefficient (Wildman–Crippen LogP) is 3.47. The van der Waals surface area contributed by atoms with Crippen LogP contribution in [0.5, 0.6) is 11.5 Å². The zero-order valence-electron chi connectivity index (χ0n) is 9.11. The number of hydrogen-bond acceptors (Lipinski definition) is 3. The van der Waals surface area contributed by atoms with E-state index in [2.05, 4.69) is 4.98 Å². The molecule has 1 aromatic carbocycles. The molecule has 0 aliphatic heterocycles. The molecule has 0 spiro atoms. The normalized spacial score (nSPS) is 11.3. The largest absolute Gasteiger partial charge is 0.455 e. The number of hydrogen-bond donors (Lipinski definition) is 1. The maximum Gasteiger partial charge on any atom is 0.419 e. The van der Waals surface area contributed by atoms with Crippen molar-refractivity contribution in [1.29, 1.82) is 0 Å². The minimum Gasteiger partial charge on any atom is -0.455 e. The lowest BCUT2D eigenvalue weighted by Gasteiger charge is -2.13. The van der Waals surface area contributed by atoms with Gasteiger partial charge in [0.2, 0.25) is 0 Å². The first-order valence-corrected chi connectivity index (χ1v) is 5.02. The number of ether oxygens (including phenoxy) is 1. The number of aromatic nitrogens is 1. The fraction of sp³-hybridized carbons (Fsp3) is 0.0833. The van der Waals surface area contributed by atoms with Crippen LogP contribution in [0.1, 0.15) is 5.56 Å². The zero-order chi connectivity index (χ0) is 13.2. The van der Waals surface area contributed by atoms with E-state index in [0.29, 0.717) is 0 Å². The SMILES string of the molecule is Nc1ccc(Oc2ccccc2C(F)(F)F)cn1. The van der Waals surface area contributed by atoms with E-state index in [0.717, 1.165) is 6.07 Å². The van der Waals surface area contributed by atoms with Crippen molar-refractivity contribution in [2.45, 2.75) is 6.18 Å². The minimum atomic E-state index is -4.46. The van der Waals surface area contributed by atoms with Crippen molar-refractivity contribution in [1.82, 2.24) is 4.98 Å². The molecule has 0 atom stereocenters. The maximum absolute atomic E-state index is 12.7. The second-order valence-corrected chi connectivity index (χ2v) is 3.51. The van der Waals surface area contributed by atoms with Crippen molar-refractivity contribution >= 4 is 5.82 Å². The number of benzene rings is 1. The molecule has 0 bridgehead atoms. The number of nitrogens with two attached hydrogens (primary N) is 1. The highest BCUT2D eigenvalue weighted by molar-refractivity contribution is 5.40. The van der Waals surface area contributed by atoms with Crippen molar-refractivity contribution in [3.8, 4) is 11.5 Å². The Kier molecular flexibility index (Phi) is 3.10. The van der Waals surface area contributed by atoms with Crippen LogP contribution in [0.3, 0.4) is 0 Å². The molecule has 1 heterocycles. The number of nitrogen functional groups attached to an aromatic ring is 1. The van der Waals surface area contributed by atoms with Gasteiger partial charge in [0.05, 0.1) is 11.8 Å². The summed E-state index contributed by atoms with van der Waals surface area (Å²) in [5.41, 5.74) is 4.54. The molecule has 0 saturated carbocycles. The zero-order valence-corrected chi connectivity index (χ0v) is 9.11. The lowest BCUT2D eigenvalue weighted by atomic mass is 10.2. The van der Waals surface area contributed by atoms with Gasteiger partial charge in [0.15, 0.2) is 0 Å². The highest BCUT2D eigenvalue weighted by Crippen LogP contribution is 2.37. The van der Waals surface area contributed by atoms with Gasteiger partial charge in [0, 0.05) is 0 Å². The first kappa shape index (κ1) is 12.2. The third-order valence-electron chi connectivity index (χ3n) is 2.18. The number of para-hydroxylation sites is 1. The first-order chi connectivity index (χ1) is 8.47. The molecule has 0 unspecified atom stereocenters. The molecule has 1 aromatic heterocycles. The number of halogens is 3. The third-order valence-corrected chi connectivity index (χ3v) is 2.18. The van der Waals surface area contributed by atoms with Gasteiger partial charge in [0.1, 0.15) is 17.3 Å². The second kappa shape index (κ2) is 4.56. The van der Waals surface area contributed by atoms with Gasteiger partial charge in [-0.1, -0.05) is 12.1 Å². The van der Waals surface area contributed by atoms with Gasteiger partial charge < -0.3 is 10.5 Å². The van der Waals surface area contributed by atoms with Crippen molar-refractivity contribution in [2.24, 2.45) is 0 Å². The highest BCUT2D eigenvalue weighted by atomic mass is 19.4.